The van der Waals surface area contributed by atoms with Gasteiger partial charge >= 0.3 is 0 Å². The molecule has 1 aromatic carbocycles. The van der Waals surface area contributed by atoms with Gasteiger partial charge in [0.25, 0.3) is 0 Å². The molecule has 1 aromatic rings. The Hall–Kier alpha value is -1.39. The Bertz CT molecular complexity index is 552. The van der Waals surface area contributed by atoms with Crippen molar-refractivity contribution in [1.82, 2.24) is 5.32 Å². The molecule has 1 atom stereocenters. The maximum absolute atomic E-state index is 12.4. The molecule has 0 aliphatic carbocycles. The first-order chi connectivity index (χ1) is 9.62. The van der Waals surface area contributed by atoms with Gasteiger partial charge in [0.05, 0.1) is 5.92 Å². The van der Waals surface area contributed by atoms with Crippen molar-refractivity contribution >= 4 is 23.4 Å². The summed E-state index contributed by atoms with van der Waals surface area (Å²) in [5.74, 6) is -0.811. The molecule has 1 N–H and O–H groups in total. The molecule has 0 aromatic heterocycles. The summed E-state index contributed by atoms with van der Waals surface area (Å²) in [6.07, 6.45) is 1.78. The lowest BCUT2D eigenvalue weighted by molar-refractivity contribution is -0.143. The number of carbonyl (C=O) groups is 2. The highest BCUT2D eigenvalue weighted by atomic mass is 35.5. The van der Waals surface area contributed by atoms with Crippen LogP contribution in [-0.2, 0) is 14.3 Å². The van der Waals surface area contributed by atoms with E-state index >= 15 is 0 Å². The molecule has 0 radical (unpaired) electrons. The van der Waals surface area contributed by atoms with Gasteiger partial charge < -0.3 is 4.74 Å². The number of benzene rings is 1. The van der Waals surface area contributed by atoms with E-state index in [0.29, 0.717) is 37.5 Å². The summed E-state index contributed by atoms with van der Waals surface area (Å²) in [4.78, 5) is 24.2. The third-order valence-electron chi connectivity index (χ3n) is 4.35. The number of hydrogen-bond donors (Lipinski definition) is 1. The van der Waals surface area contributed by atoms with Gasteiger partial charge in [-0.25, -0.2) is 0 Å². The first-order valence-electron chi connectivity index (χ1n) is 6.78. The average Bonchev–Trinajstić information content (AvgIpc) is 2.41. The van der Waals surface area contributed by atoms with Crippen LogP contribution in [0.5, 0.6) is 0 Å². The number of amides is 2. The molecule has 5 heteroatoms. The second-order valence-corrected chi connectivity index (χ2v) is 5.93. The highest BCUT2D eigenvalue weighted by molar-refractivity contribution is 6.31. The van der Waals surface area contributed by atoms with E-state index in [1.54, 1.807) is 6.07 Å². The number of imide groups is 1. The van der Waals surface area contributed by atoms with E-state index in [9.17, 15) is 9.59 Å². The molecule has 2 fully saturated rings. The molecule has 20 heavy (non-hydrogen) atoms. The third kappa shape index (κ3) is 2.23. The maximum atomic E-state index is 12.4. The molecular weight excluding hydrogens is 278 g/mol. The largest absolute Gasteiger partial charge is 0.381 e. The van der Waals surface area contributed by atoms with Gasteiger partial charge in [-0.05, 0) is 29.9 Å². The van der Waals surface area contributed by atoms with Crippen LogP contribution in [0.2, 0.25) is 5.02 Å². The van der Waals surface area contributed by atoms with Crippen molar-refractivity contribution in [2.24, 2.45) is 5.41 Å². The van der Waals surface area contributed by atoms with Crippen LogP contribution < -0.4 is 5.32 Å². The van der Waals surface area contributed by atoms with Crippen LogP contribution in [0, 0.1) is 5.41 Å². The molecule has 4 nitrogen and oxygen atoms in total. The van der Waals surface area contributed by atoms with Crippen LogP contribution in [0.4, 0.5) is 0 Å². The number of ether oxygens (including phenoxy) is 1. The Kier molecular flexibility index (Phi) is 3.52. The summed E-state index contributed by atoms with van der Waals surface area (Å²) in [6.45, 7) is 1.17. The van der Waals surface area contributed by atoms with Crippen LogP contribution in [0.25, 0.3) is 0 Å². The molecule has 0 bridgehead atoms. The van der Waals surface area contributed by atoms with E-state index in [0.717, 1.165) is 5.56 Å². The summed E-state index contributed by atoms with van der Waals surface area (Å²) in [6, 6.07) is 7.37. The first kappa shape index (κ1) is 13.6. The predicted octanol–water partition coefficient (Wildman–Crippen LogP) is 2.27. The molecular formula is C15H16ClNO3. The van der Waals surface area contributed by atoms with Crippen molar-refractivity contribution in [3.63, 3.8) is 0 Å². The van der Waals surface area contributed by atoms with Crippen LogP contribution in [0.15, 0.2) is 24.3 Å². The average molecular weight is 294 g/mol. The molecule has 2 heterocycles. The zero-order valence-electron chi connectivity index (χ0n) is 11.0. The standard InChI is InChI=1S/C15H16ClNO3/c16-11-4-2-1-3-10(11)13-14(19)17-12(18)9-15(13)5-7-20-8-6-15/h1-4,13H,5-9H2,(H,17,18,19). The molecule has 2 aliphatic heterocycles. The number of carbonyl (C=O) groups excluding carboxylic acids is 2. The fourth-order valence-corrected chi connectivity index (χ4v) is 3.62. The Labute approximate surface area is 122 Å². The van der Waals surface area contributed by atoms with Crippen LogP contribution >= 0.6 is 11.6 Å². The molecule has 3 rings (SSSR count). The SMILES string of the molecule is O=C1CC2(CCOCC2)C(c2ccccc2Cl)C(=O)N1. The number of hydrogen-bond acceptors (Lipinski definition) is 3. The molecule has 2 amide bonds. The molecule has 0 saturated carbocycles. The van der Waals surface area contributed by atoms with E-state index in [1.165, 1.54) is 0 Å². The minimum absolute atomic E-state index is 0.194. The summed E-state index contributed by atoms with van der Waals surface area (Å²) in [7, 11) is 0. The lowest BCUT2D eigenvalue weighted by atomic mass is 9.63. The number of nitrogens with one attached hydrogen (secondary N) is 1. The van der Waals surface area contributed by atoms with Crippen LogP contribution in [0.1, 0.15) is 30.7 Å². The predicted molar refractivity (Wildman–Crippen MR) is 74.4 cm³/mol. The quantitative estimate of drug-likeness (QED) is 0.808. The van der Waals surface area contributed by atoms with Crippen molar-refractivity contribution in [3.05, 3.63) is 34.9 Å². The zero-order valence-corrected chi connectivity index (χ0v) is 11.8. The van der Waals surface area contributed by atoms with Crippen molar-refractivity contribution in [1.29, 1.82) is 0 Å². The summed E-state index contributed by atoms with van der Waals surface area (Å²) in [5, 5.41) is 3.03. The van der Waals surface area contributed by atoms with E-state index in [4.69, 9.17) is 16.3 Å². The van der Waals surface area contributed by atoms with E-state index < -0.39 is 0 Å². The number of rotatable bonds is 1. The number of halogens is 1. The molecule has 2 saturated heterocycles. The lowest BCUT2D eigenvalue weighted by Crippen LogP contribution is -2.52. The maximum Gasteiger partial charge on any atom is 0.234 e. The highest BCUT2D eigenvalue weighted by Crippen LogP contribution is 2.50. The molecule has 1 unspecified atom stereocenters. The van der Waals surface area contributed by atoms with Gasteiger partial charge in [-0.2, -0.15) is 0 Å². The van der Waals surface area contributed by atoms with Gasteiger partial charge in [0, 0.05) is 24.7 Å². The molecule has 2 aliphatic rings. The topological polar surface area (TPSA) is 55.4 Å². The van der Waals surface area contributed by atoms with Crippen molar-refractivity contribution in [2.45, 2.75) is 25.2 Å². The monoisotopic (exact) mass is 293 g/mol. The molecule has 106 valence electrons. The van der Waals surface area contributed by atoms with Gasteiger partial charge in [0.1, 0.15) is 0 Å². The number of piperidine rings is 1. The van der Waals surface area contributed by atoms with Gasteiger partial charge in [0.2, 0.25) is 11.8 Å². The zero-order chi connectivity index (χ0) is 14.2. The minimum Gasteiger partial charge on any atom is -0.381 e. The van der Waals surface area contributed by atoms with Crippen molar-refractivity contribution in [2.75, 3.05) is 13.2 Å². The Morgan fingerprint density at radius 3 is 2.60 bits per heavy atom. The van der Waals surface area contributed by atoms with Crippen molar-refractivity contribution in [3.8, 4) is 0 Å². The second-order valence-electron chi connectivity index (χ2n) is 5.52. The lowest BCUT2D eigenvalue weighted by Gasteiger charge is -2.45. The van der Waals surface area contributed by atoms with Gasteiger partial charge in [-0.3, -0.25) is 14.9 Å². The fourth-order valence-electron chi connectivity index (χ4n) is 3.38. The Morgan fingerprint density at radius 2 is 1.90 bits per heavy atom. The first-order valence-corrected chi connectivity index (χ1v) is 7.16. The van der Waals surface area contributed by atoms with E-state index in [-0.39, 0.29) is 23.1 Å². The molecule has 1 spiro atoms. The Morgan fingerprint density at radius 1 is 1.20 bits per heavy atom. The fraction of sp³-hybridized carbons (Fsp3) is 0.467. The van der Waals surface area contributed by atoms with Crippen LogP contribution in [0.3, 0.4) is 0 Å². The Balaban J connectivity index is 2.06. The van der Waals surface area contributed by atoms with Crippen LogP contribution in [-0.4, -0.2) is 25.0 Å². The van der Waals surface area contributed by atoms with Gasteiger partial charge in [-0.15, -0.1) is 0 Å². The summed E-state index contributed by atoms with van der Waals surface area (Å²) in [5.41, 5.74) is 0.448. The summed E-state index contributed by atoms with van der Waals surface area (Å²) < 4.78 is 5.41. The van der Waals surface area contributed by atoms with Gasteiger partial charge in [0.15, 0.2) is 0 Å². The highest BCUT2D eigenvalue weighted by Gasteiger charge is 2.50. The third-order valence-corrected chi connectivity index (χ3v) is 4.70. The normalized spacial score (nSPS) is 25.6. The smallest absolute Gasteiger partial charge is 0.234 e. The second kappa shape index (κ2) is 5.19. The van der Waals surface area contributed by atoms with E-state index in [1.807, 2.05) is 18.2 Å². The van der Waals surface area contributed by atoms with E-state index in [2.05, 4.69) is 5.32 Å². The van der Waals surface area contributed by atoms with Crippen molar-refractivity contribution < 1.29 is 14.3 Å². The minimum atomic E-state index is -0.377. The summed E-state index contributed by atoms with van der Waals surface area (Å²) >= 11 is 6.27. The van der Waals surface area contributed by atoms with Gasteiger partial charge in [-0.1, -0.05) is 29.8 Å².